The maximum absolute atomic E-state index is 10.4. The van der Waals surface area contributed by atoms with Gasteiger partial charge in [0.2, 0.25) is 0 Å². The highest BCUT2D eigenvalue weighted by Crippen LogP contribution is 1.99. The van der Waals surface area contributed by atoms with Crippen molar-refractivity contribution < 1.29 is 9.90 Å². The van der Waals surface area contributed by atoms with Gasteiger partial charge in [0.15, 0.2) is 0 Å². The molecule has 1 aromatic heterocycles. The third kappa shape index (κ3) is 4.84. The zero-order valence-electron chi connectivity index (χ0n) is 9.60. The van der Waals surface area contributed by atoms with Gasteiger partial charge in [-0.15, -0.1) is 0 Å². The van der Waals surface area contributed by atoms with Crippen LogP contribution in [0.15, 0.2) is 12.4 Å². The van der Waals surface area contributed by atoms with E-state index in [2.05, 4.69) is 15.3 Å². The minimum atomic E-state index is -0.760. The predicted octanol–water partition coefficient (Wildman–Crippen LogP) is 1.13. The molecule has 5 nitrogen and oxygen atoms in total. The van der Waals surface area contributed by atoms with Crippen molar-refractivity contribution in [2.45, 2.75) is 39.3 Å². The van der Waals surface area contributed by atoms with Crippen molar-refractivity contribution in [3.8, 4) is 0 Å². The molecule has 88 valence electrons. The van der Waals surface area contributed by atoms with Crippen molar-refractivity contribution in [1.82, 2.24) is 15.3 Å². The Kier molecular flexibility index (Phi) is 4.85. The summed E-state index contributed by atoms with van der Waals surface area (Å²) in [6.45, 7) is 4.47. The second-order valence-corrected chi connectivity index (χ2v) is 3.86. The summed E-state index contributed by atoms with van der Waals surface area (Å²) in [6, 6.07) is 0.166. The molecule has 1 unspecified atom stereocenters. The zero-order valence-corrected chi connectivity index (χ0v) is 9.60. The van der Waals surface area contributed by atoms with Crippen LogP contribution in [0.2, 0.25) is 0 Å². The average molecular weight is 223 g/mol. The van der Waals surface area contributed by atoms with Crippen LogP contribution in [0.1, 0.15) is 31.2 Å². The maximum Gasteiger partial charge on any atom is 0.303 e. The van der Waals surface area contributed by atoms with Crippen molar-refractivity contribution in [1.29, 1.82) is 0 Å². The first-order valence-corrected chi connectivity index (χ1v) is 5.30. The highest BCUT2D eigenvalue weighted by Gasteiger charge is 2.05. The largest absolute Gasteiger partial charge is 0.481 e. The van der Waals surface area contributed by atoms with E-state index in [9.17, 15) is 4.79 Å². The monoisotopic (exact) mass is 223 g/mol. The normalized spacial score (nSPS) is 12.4. The van der Waals surface area contributed by atoms with Crippen LogP contribution in [-0.4, -0.2) is 27.1 Å². The molecule has 1 rings (SSSR count). The lowest BCUT2D eigenvalue weighted by molar-refractivity contribution is -0.137. The van der Waals surface area contributed by atoms with E-state index in [1.54, 1.807) is 12.4 Å². The summed E-state index contributed by atoms with van der Waals surface area (Å²) in [6.07, 6.45) is 4.26. The van der Waals surface area contributed by atoms with E-state index >= 15 is 0 Å². The molecule has 0 aliphatic heterocycles. The summed E-state index contributed by atoms with van der Waals surface area (Å²) in [7, 11) is 0. The minimum absolute atomic E-state index is 0.166. The van der Waals surface area contributed by atoms with Crippen LogP contribution in [0.4, 0.5) is 0 Å². The second kappa shape index (κ2) is 6.17. The van der Waals surface area contributed by atoms with E-state index in [0.717, 1.165) is 11.4 Å². The Balaban J connectivity index is 2.28. The first kappa shape index (κ1) is 12.6. The van der Waals surface area contributed by atoms with Gasteiger partial charge in [-0.25, -0.2) is 0 Å². The summed E-state index contributed by atoms with van der Waals surface area (Å²) in [5.41, 5.74) is 1.76. The molecule has 0 fully saturated rings. The molecule has 0 amide bonds. The number of rotatable bonds is 6. The molecule has 0 saturated heterocycles. The summed E-state index contributed by atoms with van der Waals surface area (Å²) >= 11 is 0. The summed E-state index contributed by atoms with van der Waals surface area (Å²) in [4.78, 5) is 18.7. The summed E-state index contributed by atoms with van der Waals surface area (Å²) < 4.78 is 0. The third-order valence-electron chi connectivity index (χ3n) is 2.26. The SMILES string of the molecule is Cc1cnc(CNC(C)CCC(=O)O)cn1. The lowest BCUT2D eigenvalue weighted by Gasteiger charge is -2.11. The van der Waals surface area contributed by atoms with Crippen molar-refractivity contribution >= 4 is 5.97 Å². The molecule has 1 heterocycles. The van der Waals surface area contributed by atoms with Crippen molar-refractivity contribution in [3.63, 3.8) is 0 Å². The van der Waals surface area contributed by atoms with E-state index in [1.807, 2.05) is 13.8 Å². The molecule has 1 atom stereocenters. The average Bonchev–Trinajstić information content (AvgIpc) is 2.25. The molecule has 0 radical (unpaired) electrons. The molecule has 0 aliphatic rings. The molecule has 5 heteroatoms. The van der Waals surface area contributed by atoms with Crippen LogP contribution in [0.5, 0.6) is 0 Å². The van der Waals surface area contributed by atoms with Crippen molar-refractivity contribution in [2.24, 2.45) is 0 Å². The molecule has 1 aromatic rings. The number of aliphatic carboxylic acids is 1. The fourth-order valence-corrected chi connectivity index (χ4v) is 1.23. The number of aromatic nitrogens is 2. The number of carbonyl (C=O) groups is 1. The number of carboxylic acid groups (broad SMARTS) is 1. The topological polar surface area (TPSA) is 75.1 Å². The van der Waals surface area contributed by atoms with Crippen molar-refractivity contribution in [3.05, 3.63) is 23.8 Å². The Hall–Kier alpha value is -1.49. The number of aryl methyl sites for hydroxylation is 1. The molecule has 16 heavy (non-hydrogen) atoms. The standard InChI is InChI=1S/C11H17N3O2/c1-8(3-4-11(15)16)12-6-10-7-13-9(2)5-14-10/h5,7-8,12H,3-4,6H2,1-2H3,(H,15,16). The molecule has 0 spiro atoms. The van der Waals surface area contributed by atoms with E-state index < -0.39 is 5.97 Å². The fraction of sp³-hybridized carbons (Fsp3) is 0.545. The predicted molar refractivity (Wildman–Crippen MR) is 59.9 cm³/mol. The Labute approximate surface area is 94.9 Å². The van der Waals surface area contributed by atoms with E-state index in [1.165, 1.54) is 0 Å². The highest BCUT2D eigenvalue weighted by atomic mass is 16.4. The van der Waals surface area contributed by atoms with E-state index in [-0.39, 0.29) is 12.5 Å². The quantitative estimate of drug-likeness (QED) is 0.756. The Morgan fingerprint density at radius 3 is 2.81 bits per heavy atom. The first-order valence-electron chi connectivity index (χ1n) is 5.30. The van der Waals surface area contributed by atoms with Crippen LogP contribution >= 0.6 is 0 Å². The molecule has 0 saturated carbocycles. The lowest BCUT2D eigenvalue weighted by atomic mass is 10.2. The Bertz CT molecular complexity index is 338. The van der Waals surface area contributed by atoms with Crippen LogP contribution in [0, 0.1) is 6.92 Å². The highest BCUT2D eigenvalue weighted by molar-refractivity contribution is 5.66. The van der Waals surface area contributed by atoms with Gasteiger partial charge < -0.3 is 10.4 Å². The number of hydrogen-bond donors (Lipinski definition) is 2. The number of hydrogen-bond acceptors (Lipinski definition) is 4. The van der Waals surface area contributed by atoms with E-state index in [0.29, 0.717) is 13.0 Å². The molecular weight excluding hydrogens is 206 g/mol. The Morgan fingerprint density at radius 2 is 2.25 bits per heavy atom. The summed E-state index contributed by atoms with van der Waals surface area (Å²) in [5, 5.41) is 11.7. The minimum Gasteiger partial charge on any atom is -0.481 e. The third-order valence-corrected chi connectivity index (χ3v) is 2.26. The lowest BCUT2D eigenvalue weighted by Crippen LogP contribution is -2.26. The molecular formula is C11H17N3O2. The first-order chi connectivity index (χ1) is 7.58. The van der Waals surface area contributed by atoms with Crippen molar-refractivity contribution in [2.75, 3.05) is 0 Å². The van der Waals surface area contributed by atoms with Gasteiger partial charge >= 0.3 is 5.97 Å². The number of nitrogens with one attached hydrogen (secondary N) is 1. The van der Waals surface area contributed by atoms with Crippen LogP contribution < -0.4 is 5.32 Å². The van der Waals surface area contributed by atoms with Crippen LogP contribution in [0.3, 0.4) is 0 Å². The van der Waals surface area contributed by atoms with Crippen LogP contribution in [0.25, 0.3) is 0 Å². The van der Waals surface area contributed by atoms with Gasteiger partial charge in [-0.3, -0.25) is 14.8 Å². The van der Waals surface area contributed by atoms with Gasteiger partial charge in [0.25, 0.3) is 0 Å². The Morgan fingerprint density at radius 1 is 1.50 bits per heavy atom. The summed E-state index contributed by atoms with van der Waals surface area (Å²) in [5.74, 6) is -0.760. The molecule has 2 N–H and O–H groups in total. The van der Waals surface area contributed by atoms with Crippen LogP contribution in [-0.2, 0) is 11.3 Å². The molecule has 0 bridgehead atoms. The van der Waals surface area contributed by atoms with E-state index in [4.69, 9.17) is 5.11 Å². The molecule has 0 aliphatic carbocycles. The van der Waals surface area contributed by atoms with Gasteiger partial charge in [0.1, 0.15) is 0 Å². The van der Waals surface area contributed by atoms with Gasteiger partial charge in [-0.05, 0) is 20.3 Å². The smallest absolute Gasteiger partial charge is 0.303 e. The van der Waals surface area contributed by atoms with Gasteiger partial charge in [0, 0.05) is 31.4 Å². The van der Waals surface area contributed by atoms with Gasteiger partial charge in [-0.1, -0.05) is 0 Å². The number of carboxylic acids is 1. The number of nitrogens with zero attached hydrogens (tertiary/aromatic N) is 2. The maximum atomic E-state index is 10.4. The molecule has 0 aromatic carbocycles. The fourth-order valence-electron chi connectivity index (χ4n) is 1.23. The van der Waals surface area contributed by atoms with Gasteiger partial charge in [0.05, 0.1) is 11.4 Å². The zero-order chi connectivity index (χ0) is 12.0. The second-order valence-electron chi connectivity index (χ2n) is 3.86. The van der Waals surface area contributed by atoms with Gasteiger partial charge in [-0.2, -0.15) is 0 Å².